The molecular weight excluding hydrogens is 284 g/mol. The Morgan fingerprint density at radius 3 is 2.52 bits per heavy atom. The third-order valence-electron chi connectivity index (χ3n) is 6.15. The number of hydrogen-bond acceptors (Lipinski definition) is 2. The number of benzene rings is 1. The predicted octanol–water partition coefficient (Wildman–Crippen LogP) is 3.19. The van der Waals surface area contributed by atoms with Crippen molar-refractivity contribution in [2.45, 2.75) is 56.9 Å². The number of amides is 1. The molecule has 124 valence electrons. The molecule has 2 saturated heterocycles. The molecule has 2 aliphatic heterocycles. The van der Waals surface area contributed by atoms with Gasteiger partial charge in [0.25, 0.3) is 0 Å². The van der Waals surface area contributed by atoms with Gasteiger partial charge in [0, 0.05) is 25.6 Å². The van der Waals surface area contributed by atoms with Crippen molar-refractivity contribution in [1.82, 2.24) is 9.80 Å². The normalized spacial score (nSPS) is 25.7. The van der Waals surface area contributed by atoms with Crippen LogP contribution in [0.3, 0.4) is 0 Å². The van der Waals surface area contributed by atoms with Gasteiger partial charge in [-0.1, -0.05) is 24.3 Å². The maximum absolute atomic E-state index is 12.7. The zero-order valence-corrected chi connectivity index (χ0v) is 14.0. The van der Waals surface area contributed by atoms with Crippen LogP contribution >= 0.6 is 0 Å². The van der Waals surface area contributed by atoms with Gasteiger partial charge in [0.15, 0.2) is 0 Å². The minimum Gasteiger partial charge on any atom is -0.343 e. The van der Waals surface area contributed by atoms with Gasteiger partial charge in [-0.15, -0.1) is 0 Å². The fourth-order valence-electron chi connectivity index (χ4n) is 4.78. The molecule has 1 atom stereocenters. The summed E-state index contributed by atoms with van der Waals surface area (Å²) in [4.78, 5) is 17.5. The molecule has 0 N–H and O–H groups in total. The summed E-state index contributed by atoms with van der Waals surface area (Å²) < 4.78 is 0. The first kappa shape index (κ1) is 15.2. The number of rotatable bonds is 3. The first-order chi connectivity index (χ1) is 11.3. The van der Waals surface area contributed by atoms with Crippen LogP contribution in [-0.4, -0.2) is 47.9 Å². The van der Waals surface area contributed by atoms with E-state index in [2.05, 4.69) is 34.1 Å². The zero-order chi connectivity index (χ0) is 15.6. The Morgan fingerprint density at radius 1 is 1.00 bits per heavy atom. The van der Waals surface area contributed by atoms with Crippen molar-refractivity contribution in [2.24, 2.45) is 0 Å². The fourth-order valence-corrected chi connectivity index (χ4v) is 4.78. The van der Waals surface area contributed by atoms with E-state index in [4.69, 9.17) is 0 Å². The number of hydrogen-bond donors (Lipinski definition) is 0. The Hall–Kier alpha value is -1.35. The van der Waals surface area contributed by atoms with Gasteiger partial charge in [0.2, 0.25) is 5.91 Å². The van der Waals surface area contributed by atoms with Gasteiger partial charge in [-0.25, -0.2) is 0 Å². The lowest BCUT2D eigenvalue weighted by molar-refractivity contribution is -0.133. The van der Waals surface area contributed by atoms with Crippen LogP contribution in [0.1, 0.15) is 55.6 Å². The lowest BCUT2D eigenvalue weighted by atomic mass is 9.96. The third kappa shape index (κ3) is 3.16. The molecular formula is C20H28N2O. The smallest absolute Gasteiger partial charge is 0.223 e. The minimum absolute atomic E-state index is 0.381. The van der Waals surface area contributed by atoms with E-state index >= 15 is 0 Å². The monoisotopic (exact) mass is 312 g/mol. The largest absolute Gasteiger partial charge is 0.343 e. The number of carbonyl (C=O) groups is 1. The second kappa shape index (κ2) is 6.64. The van der Waals surface area contributed by atoms with Gasteiger partial charge in [-0.2, -0.15) is 0 Å². The summed E-state index contributed by atoms with van der Waals surface area (Å²) in [6, 6.07) is 9.41. The minimum atomic E-state index is 0.381. The van der Waals surface area contributed by atoms with E-state index in [9.17, 15) is 4.79 Å². The summed E-state index contributed by atoms with van der Waals surface area (Å²) in [6.45, 7) is 4.48. The van der Waals surface area contributed by atoms with Crippen molar-refractivity contribution in [3.8, 4) is 0 Å². The molecule has 4 rings (SSSR count). The molecule has 1 aromatic carbocycles. The van der Waals surface area contributed by atoms with Gasteiger partial charge in [-0.05, 0) is 68.7 Å². The van der Waals surface area contributed by atoms with Gasteiger partial charge in [-0.3, -0.25) is 4.79 Å². The van der Waals surface area contributed by atoms with E-state index in [-0.39, 0.29) is 0 Å². The Morgan fingerprint density at radius 2 is 1.74 bits per heavy atom. The number of fused-ring (bicyclic) bond motifs is 1. The van der Waals surface area contributed by atoms with Crippen molar-refractivity contribution >= 4 is 5.91 Å². The highest BCUT2D eigenvalue weighted by atomic mass is 16.2. The molecule has 1 aromatic rings. The average Bonchev–Trinajstić information content (AvgIpc) is 3.25. The van der Waals surface area contributed by atoms with Gasteiger partial charge >= 0.3 is 0 Å². The highest BCUT2D eigenvalue weighted by Crippen LogP contribution is 2.35. The maximum atomic E-state index is 12.7. The number of piperidine rings is 1. The lowest BCUT2D eigenvalue weighted by Gasteiger charge is -2.37. The molecule has 1 amide bonds. The highest BCUT2D eigenvalue weighted by Gasteiger charge is 2.30. The van der Waals surface area contributed by atoms with E-state index in [1.165, 1.54) is 49.9 Å². The molecule has 0 saturated carbocycles. The van der Waals surface area contributed by atoms with E-state index in [0.717, 1.165) is 32.0 Å². The van der Waals surface area contributed by atoms with Gasteiger partial charge in [0.1, 0.15) is 0 Å². The summed E-state index contributed by atoms with van der Waals surface area (Å²) in [7, 11) is 0. The topological polar surface area (TPSA) is 23.6 Å². The van der Waals surface area contributed by atoms with Crippen LogP contribution < -0.4 is 0 Å². The summed E-state index contributed by atoms with van der Waals surface area (Å²) in [6.07, 6.45) is 8.08. The number of aryl methyl sites for hydroxylation is 1. The quantitative estimate of drug-likeness (QED) is 0.856. The number of nitrogens with zero attached hydrogens (tertiary/aromatic N) is 2. The van der Waals surface area contributed by atoms with Crippen molar-refractivity contribution in [3.05, 3.63) is 35.4 Å². The molecule has 3 heteroatoms. The number of likely N-dealkylation sites (tertiary alicyclic amines) is 2. The van der Waals surface area contributed by atoms with Crippen LogP contribution in [0.4, 0.5) is 0 Å². The van der Waals surface area contributed by atoms with E-state index in [1.807, 2.05) is 0 Å². The molecule has 3 aliphatic rings. The van der Waals surface area contributed by atoms with E-state index in [0.29, 0.717) is 18.2 Å². The standard InChI is InChI=1S/C20H28N2O/c23-20(15-17-8-7-16-5-1-2-6-19(16)17)22-13-9-18(10-14-22)21-11-3-4-12-21/h1-2,5-6,17-18H,3-4,7-15H2/t17-/m1/s1. The first-order valence-corrected chi connectivity index (χ1v) is 9.41. The Kier molecular flexibility index (Phi) is 4.39. The SMILES string of the molecule is O=C(C[C@H]1CCc2ccccc21)N1CCC(N2CCCC2)CC1. The lowest BCUT2D eigenvalue weighted by Crippen LogP contribution is -2.46. The maximum Gasteiger partial charge on any atom is 0.223 e. The van der Waals surface area contributed by atoms with E-state index in [1.54, 1.807) is 0 Å². The van der Waals surface area contributed by atoms with Crippen LogP contribution in [0.15, 0.2) is 24.3 Å². The van der Waals surface area contributed by atoms with Crippen molar-refractivity contribution in [2.75, 3.05) is 26.2 Å². The van der Waals surface area contributed by atoms with Crippen molar-refractivity contribution < 1.29 is 4.79 Å². The summed E-state index contributed by atoms with van der Waals surface area (Å²) in [5, 5.41) is 0. The first-order valence-electron chi connectivity index (χ1n) is 9.41. The zero-order valence-electron chi connectivity index (χ0n) is 14.0. The fraction of sp³-hybridized carbons (Fsp3) is 0.650. The second-order valence-electron chi connectivity index (χ2n) is 7.49. The van der Waals surface area contributed by atoms with Crippen LogP contribution in [0.5, 0.6) is 0 Å². The van der Waals surface area contributed by atoms with Crippen molar-refractivity contribution in [1.29, 1.82) is 0 Å². The molecule has 3 nitrogen and oxygen atoms in total. The van der Waals surface area contributed by atoms with Crippen LogP contribution in [0.25, 0.3) is 0 Å². The average molecular weight is 312 g/mol. The molecule has 0 bridgehead atoms. The molecule has 1 aliphatic carbocycles. The van der Waals surface area contributed by atoms with Crippen molar-refractivity contribution in [3.63, 3.8) is 0 Å². The molecule has 0 aromatic heterocycles. The Balaban J connectivity index is 1.31. The Labute approximate surface area is 139 Å². The summed E-state index contributed by atoms with van der Waals surface area (Å²) in [5.74, 6) is 0.835. The predicted molar refractivity (Wildman–Crippen MR) is 92.5 cm³/mol. The van der Waals surface area contributed by atoms with Gasteiger partial charge in [0.05, 0.1) is 0 Å². The van der Waals surface area contributed by atoms with Gasteiger partial charge < -0.3 is 9.80 Å². The molecule has 23 heavy (non-hydrogen) atoms. The van der Waals surface area contributed by atoms with Crippen LogP contribution in [-0.2, 0) is 11.2 Å². The van der Waals surface area contributed by atoms with Crippen LogP contribution in [0.2, 0.25) is 0 Å². The third-order valence-corrected chi connectivity index (χ3v) is 6.15. The second-order valence-corrected chi connectivity index (χ2v) is 7.49. The molecule has 2 fully saturated rings. The van der Waals surface area contributed by atoms with E-state index < -0.39 is 0 Å². The summed E-state index contributed by atoms with van der Waals surface area (Å²) >= 11 is 0. The van der Waals surface area contributed by atoms with Crippen LogP contribution in [0, 0.1) is 0 Å². The molecule has 0 spiro atoms. The molecule has 0 radical (unpaired) electrons. The highest BCUT2D eigenvalue weighted by molar-refractivity contribution is 5.77. The number of carbonyl (C=O) groups excluding carboxylic acids is 1. The molecule has 2 heterocycles. The molecule has 0 unspecified atom stereocenters. The Bertz CT molecular complexity index is 557. The summed E-state index contributed by atoms with van der Waals surface area (Å²) in [5.41, 5.74) is 2.88.